The first-order valence-corrected chi connectivity index (χ1v) is 5.54. The molecule has 1 nitrogen and oxygen atoms in total. The van der Waals surface area contributed by atoms with E-state index in [0.717, 1.165) is 18.6 Å². The number of hydrogen-bond donors (Lipinski definition) is 0. The van der Waals surface area contributed by atoms with Gasteiger partial charge in [-0.05, 0) is 40.0 Å². The largest absolute Gasteiger partial charge is 0.294 e. The van der Waals surface area contributed by atoms with E-state index in [4.69, 9.17) is 0 Å². The molecule has 0 amide bonds. The zero-order valence-corrected chi connectivity index (χ0v) is 9.51. The number of allylic oxidation sites excluding steroid dienone is 1. The van der Waals surface area contributed by atoms with Crippen LogP contribution in [0.4, 0.5) is 0 Å². The lowest BCUT2D eigenvalue weighted by molar-refractivity contribution is 0.221. The molecule has 0 aromatic rings. The molecular formula is C12H23N. The van der Waals surface area contributed by atoms with Crippen molar-refractivity contribution >= 4 is 0 Å². The van der Waals surface area contributed by atoms with Crippen LogP contribution in [-0.2, 0) is 0 Å². The SMILES string of the molecule is CCC1CCC(C)N1CC=C(C)C. The fourth-order valence-corrected chi connectivity index (χ4v) is 2.18. The Labute approximate surface area is 82.8 Å². The maximum atomic E-state index is 2.65. The van der Waals surface area contributed by atoms with Gasteiger partial charge < -0.3 is 0 Å². The Morgan fingerprint density at radius 1 is 1.38 bits per heavy atom. The zero-order valence-electron chi connectivity index (χ0n) is 9.51. The van der Waals surface area contributed by atoms with Crippen LogP contribution < -0.4 is 0 Å². The van der Waals surface area contributed by atoms with Crippen molar-refractivity contribution in [3.8, 4) is 0 Å². The summed E-state index contributed by atoms with van der Waals surface area (Å²) in [6.45, 7) is 10.2. The van der Waals surface area contributed by atoms with Gasteiger partial charge in [-0.3, -0.25) is 4.90 Å². The van der Waals surface area contributed by atoms with Crippen molar-refractivity contribution in [3.05, 3.63) is 11.6 Å². The van der Waals surface area contributed by atoms with Crippen molar-refractivity contribution in [1.29, 1.82) is 0 Å². The Morgan fingerprint density at radius 2 is 2.08 bits per heavy atom. The zero-order chi connectivity index (χ0) is 9.84. The monoisotopic (exact) mass is 181 g/mol. The highest BCUT2D eigenvalue weighted by Gasteiger charge is 2.27. The average molecular weight is 181 g/mol. The molecule has 0 aliphatic carbocycles. The lowest BCUT2D eigenvalue weighted by Gasteiger charge is -2.26. The van der Waals surface area contributed by atoms with Crippen LogP contribution in [0.5, 0.6) is 0 Å². The van der Waals surface area contributed by atoms with Crippen LogP contribution in [-0.4, -0.2) is 23.5 Å². The molecule has 1 heterocycles. The van der Waals surface area contributed by atoms with Crippen molar-refractivity contribution < 1.29 is 0 Å². The second kappa shape index (κ2) is 4.80. The molecule has 1 aliphatic rings. The summed E-state index contributed by atoms with van der Waals surface area (Å²) in [6, 6.07) is 1.63. The third kappa shape index (κ3) is 2.84. The van der Waals surface area contributed by atoms with Gasteiger partial charge >= 0.3 is 0 Å². The molecule has 13 heavy (non-hydrogen) atoms. The van der Waals surface area contributed by atoms with Crippen LogP contribution in [0.1, 0.15) is 47.0 Å². The molecule has 0 radical (unpaired) electrons. The normalized spacial score (nSPS) is 29.2. The molecule has 2 unspecified atom stereocenters. The van der Waals surface area contributed by atoms with Gasteiger partial charge in [-0.15, -0.1) is 0 Å². The molecule has 76 valence electrons. The standard InChI is InChI=1S/C12H23N/c1-5-12-7-6-11(4)13(12)9-8-10(2)3/h8,11-12H,5-7,9H2,1-4H3. The topological polar surface area (TPSA) is 3.24 Å². The molecule has 1 fully saturated rings. The predicted octanol–water partition coefficient (Wildman–Crippen LogP) is 3.22. The minimum atomic E-state index is 0.792. The van der Waals surface area contributed by atoms with Gasteiger partial charge in [0.2, 0.25) is 0 Å². The van der Waals surface area contributed by atoms with Crippen molar-refractivity contribution in [3.63, 3.8) is 0 Å². The smallest absolute Gasteiger partial charge is 0.0171 e. The molecule has 2 atom stereocenters. The summed E-state index contributed by atoms with van der Waals surface area (Å²) in [5.74, 6) is 0. The highest BCUT2D eigenvalue weighted by molar-refractivity contribution is 4.98. The lowest BCUT2D eigenvalue weighted by Crippen LogP contribution is -2.34. The number of nitrogens with zero attached hydrogens (tertiary/aromatic N) is 1. The first-order valence-electron chi connectivity index (χ1n) is 5.54. The van der Waals surface area contributed by atoms with Crippen LogP contribution in [0.2, 0.25) is 0 Å². The summed E-state index contributed by atoms with van der Waals surface area (Å²) >= 11 is 0. The molecule has 1 aliphatic heterocycles. The molecule has 1 rings (SSSR count). The molecule has 1 heteroatoms. The van der Waals surface area contributed by atoms with Crippen LogP contribution >= 0.6 is 0 Å². The van der Waals surface area contributed by atoms with E-state index in [9.17, 15) is 0 Å². The van der Waals surface area contributed by atoms with E-state index >= 15 is 0 Å². The van der Waals surface area contributed by atoms with Crippen LogP contribution in [0.25, 0.3) is 0 Å². The molecular weight excluding hydrogens is 158 g/mol. The van der Waals surface area contributed by atoms with E-state index in [1.165, 1.54) is 24.8 Å². The maximum absolute atomic E-state index is 2.65. The van der Waals surface area contributed by atoms with Crippen molar-refractivity contribution in [2.45, 2.75) is 59.0 Å². The number of hydrogen-bond acceptors (Lipinski definition) is 1. The summed E-state index contributed by atoms with van der Waals surface area (Å²) in [4.78, 5) is 2.65. The Bertz CT molecular complexity index is 180. The predicted molar refractivity (Wildman–Crippen MR) is 58.9 cm³/mol. The highest BCUT2D eigenvalue weighted by Crippen LogP contribution is 2.25. The van der Waals surface area contributed by atoms with Gasteiger partial charge in [0.25, 0.3) is 0 Å². The van der Waals surface area contributed by atoms with Crippen molar-refractivity contribution in [2.24, 2.45) is 0 Å². The van der Waals surface area contributed by atoms with Gasteiger partial charge in [0, 0.05) is 18.6 Å². The first-order chi connectivity index (χ1) is 6.15. The lowest BCUT2D eigenvalue weighted by atomic mass is 10.1. The Morgan fingerprint density at radius 3 is 2.62 bits per heavy atom. The highest BCUT2D eigenvalue weighted by atomic mass is 15.2. The molecule has 0 spiro atoms. The molecule has 0 bridgehead atoms. The van der Waals surface area contributed by atoms with E-state index in [0.29, 0.717) is 0 Å². The Balaban J connectivity index is 2.49. The minimum absolute atomic E-state index is 0.792. The summed E-state index contributed by atoms with van der Waals surface area (Å²) in [5.41, 5.74) is 1.44. The minimum Gasteiger partial charge on any atom is -0.294 e. The number of rotatable bonds is 3. The van der Waals surface area contributed by atoms with Gasteiger partial charge in [-0.1, -0.05) is 18.6 Å². The van der Waals surface area contributed by atoms with E-state index in [1.54, 1.807) is 0 Å². The van der Waals surface area contributed by atoms with Crippen LogP contribution in [0.3, 0.4) is 0 Å². The summed E-state index contributed by atoms with van der Waals surface area (Å²) in [5, 5.41) is 0. The molecule has 0 N–H and O–H groups in total. The maximum Gasteiger partial charge on any atom is 0.0171 e. The third-order valence-corrected chi connectivity index (χ3v) is 3.13. The van der Waals surface area contributed by atoms with Gasteiger partial charge in [0.1, 0.15) is 0 Å². The van der Waals surface area contributed by atoms with Crippen molar-refractivity contribution in [1.82, 2.24) is 4.90 Å². The molecule has 1 saturated heterocycles. The molecule has 0 aromatic heterocycles. The van der Waals surface area contributed by atoms with E-state index in [-0.39, 0.29) is 0 Å². The van der Waals surface area contributed by atoms with Gasteiger partial charge in [-0.2, -0.15) is 0 Å². The fraction of sp³-hybridized carbons (Fsp3) is 0.833. The fourth-order valence-electron chi connectivity index (χ4n) is 2.18. The average Bonchev–Trinajstić information content (AvgIpc) is 2.43. The summed E-state index contributed by atoms with van der Waals surface area (Å²) in [7, 11) is 0. The molecule has 0 saturated carbocycles. The second-order valence-electron chi connectivity index (χ2n) is 4.47. The van der Waals surface area contributed by atoms with Crippen molar-refractivity contribution in [2.75, 3.05) is 6.54 Å². The Hall–Kier alpha value is -0.300. The third-order valence-electron chi connectivity index (χ3n) is 3.13. The van der Waals surface area contributed by atoms with Gasteiger partial charge in [-0.25, -0.2) is 0 Å². The van der Waals surface area contributed by atoms with Gasteiger partial charge in [0.15, 0.2) is 0 Å². The van der Waals surface area contributed by atoms with Crippen LogP contribution in [0.15, 0.2) is 11.6 Å². The van der Waals surface area contributed by atoms with E-state index in [2.05, 4.69) is 38.7 Å². The molecule has 0 aromatic carbocycles. The quantitative estimate of drug-likeness (QED) is 0.604. The second-order valence-corrected chi connectivity index (χ2v) is 4.47. The summed E-state index contributed by atoms with van der Waals surface area (Å²) < 4.78 is 0. The van der Waals surface area contributed by atoms with E-state index in [1.807, 2.05) is 0 Å². The summed E-state index contributed by atoms with van der Waals surface area (Å²) in [6.07, 6.45) is 6.44. The number of likely N-dealkylation sites (tertiary alicyclic amines) is 1. The first kappa shape index (κ1) is 10.8. The van der Waals surface area contributed by atoms with Gasteiger partial charge in [0.05, 0.1) is 0 Å². The Kier molecular flexibility index (Phi) is 3.98. The van der Waals surface area contributed by atoms with Crippen LogP contribution in [0, 0.1) is 0 Å². The van der Waals surface area contributed by atoms with E-state index < -0.39 is 0 Å².